The summed E-state index contributed by atoms with van der Waals surface area (Å²) in [5.74, 6) is 0. The topological polar surface area (TPSA) is 61.8 Å². The molecular weight excluding hydrogens is 250 g/mol. The first-order valence-electron chi connectivity index (χ1n) is 5.93. The zero-order valence-corrected chi connectivity index (χ0v) is 14.6. The van der Waals surface area contributed by atoms with Gasteiger partial charge in [0, 0.05) is 0 Å². The third kappa shape index (κ3) is 2.61. The first kappa shape index (κ1) is 17.5. The summed E-state index contributed by atoms with van der Waals surface area (Å²) in [4.78, 5) is 0. The Bertz CT molecular complexity index is 233. The molecule has 0 radical (unpaired) electrons. The molecule has 0 bridgehead atoms. The molecule has 104 valence electrons. The van der Waals surface area contributed by atoms with Crippen LogP contribution in [0.2, 0.25) is 0 Å². The molecule has 1 atom stereocenters. The molecule has 0 aliphatic carbocycles. The second kappa shape index (κ2) is 5.25. The van der Waals surface area contributed by atoms with E-state index in [1.165, 1.54) is 0 Å². The Morgan fingerprint density at radius 2 is 0.941 bits per heavy atom. The van der Waals surface area contributed by atoms with Gasteiger partial charge in [0.05, 0.1) is 0 Å². The van der Waals surface area contributed by atoms with Crippen molar-refractivity contribution in [3.8, 4) is 0 Å². The van der Waals surface area contributed by atoms with Crippen LogP contribution in [0.5, 0.6) is 0 Å². The molecule has 0 aromatic rings. The predicted molar refractivity (Wildman–Crippen MR) is 71.9 cm³/mol. The number of hydrogen-bond donors (Lipinski definition) is 2. The molecule has 0 aliphatic heterocycles. The van der Waals surface area contributed by atoms with Crippen LogP contribution in [0.1, 0.15) is 20.8 Å². The van der Waals surface area contributed by atoms with Crippen LogP contribution in [0.4, 0.5) is 0 Å². The maximum atomic E-state index is 6.71. The zero-order valence-electron chi connectivity index (χ0n) is 13.0. The van der Waals surface area contributed by atoms with E-state index in [0.29, 0.717) is 0 Å². The molecule has 0 aromatic carbocycles. The minimum atomic E-state index is -2.86. The number of nitrogens with two attached hydrogens (primary N) is 2. The van der Waals surface area contributed by atoms with Gasteiger partial charge in [-0.15, -0.1) is 0 Å². The van der Waals surface area contributed by atoms with Crippen molar-refractivity contribution < 1.29 is 17.4 Å². The van der Waals surface area contributed by atoms with Crippen LogP contribution in [0.15, 0.2) is 0 Å². The minimum absolute atomic E-state index is 0.439. The molecule has 0 fully saturated rings. The second-order valence-electron chi connectivity index (χ2n) is 6.24. The molecule has 0 aromatic heterocycles. The standard InChI is InChI=1S/C5H13N2.3C2H6N.Ti/c1-4(6)5(2,3)7;3*1-3-2;/h6-7H2,1-3H3;3*1-2H3;/q;3*-1;+3. The van der Waals surface area contributed by atoms with Gasteiger partial charge >= 0.3 is 111 Å². The van der Waals surface area contributed by atoms with Crippen LogP contribution < -0.4 is 11.5 Å². The first-order chi connectivity index (χ1) is 7.33. The van der Waals surface area contributed by atoms with Crippen molar-refractivity contribution in [1.29, 1.82) is 0 Å². The van der Waals surface area contributed by atoms with E-state index >= 15 is 0 Å². The molecular formula is C11H31N5Ti. The van der Waals surface area contributed by atoms with Crippen molar-refractivity contribution in [1.82, 2.24) is 10.1 Å². The quantitative estimate of drug-likeness (QED) is 0.694. The fraction of sp³-hybridized carbons (Fsp3) is 1.00. The van der Waals surface area contributed by atoms with Gasteiger partial charge in [0.15, 0.2) is 0 Å². The summed E-state index contributed by atoms with van der Waals surface area (Å²) in [5.41, 5.74) is 12.6. The Kier molecular flexibility index (Phi) is 5.41. The molecule has 0 heterocycles. The first-order valence-corrected chi connectivity index (χ1v) is 8.81. The van der Waals surface area contributed by atoms with Gasteiger partial charge in [-0.2, -0.15) is 0 Å². The third-order valence-corrected chi connectivity index (χ3v) is 12.9. The van der Waals surface area contributed by atoms with Gasteiger partial charge in [0.2, 0.25) is 0 Å². The number of rotatable bonds is 5. The number of hydrogen-bond acceptors (Lipinski definition) is 5. The molecule has 0 spiro atoms. The van der Waals surface area contributed by atoms with Gasteiger partial charge in [-0.25, -0.2) is 0 Å². The molecule has 0 saturated carbocycles. The van der Waals surface area contributed by atoms with E-state index in [1.54, 1.807) is 0 Å². The monoisotopic (exact) mass is 281 g/mol. The van der Waals surface area contributed by atoms with Crippen molar-refractivity contribution >= 4 is 0 Å². The van der Waals surface area contributed by atoms with Crippen LogP contribution in [-0.4, -0.2) is 61.8 Å². The van der Waals surface area contributed by atoms with Gasteiger partial charge in [0.1, 0.15) is 0 Å². The summed E-state index contributed by atoms with van der Waals surface area (Å²) in [6.45, 7) is 6.12. The van der Waals surface area contributed by atoms with Gasteiger partial charge < -0.3 is 0 Å². The van der Waals surface area contributed by atoms with E-state index in [-0.39, 0.29) is 0 Å². The SMILES string of the molecule is C[N](C)[Ti]([N](C)C)([N](C)C)[C](C)(N)C(C)(C)N. The fourth-order valence-corrected chi connectivity index (χ4v) is 12.5. The maximum absolute atomic E-state index is 6.71. The average molecular weight is 281 g/mol. The van der Waals surface area contributed by atoms with E-state index < -0.39 is 26.7 Å². The normalized spacial score (nSPS) is 18.0. The second-order valence-corrected chi connectivity index (χ2v) is 14.0. The Balaban J connectivity index is 5.95. The molecule has 1 unspecified atom stereocenters. The van der Waals surface area contributed by atoms with E-state index in [2.05, 4.69) is 59.4 Å². The van der Waals surface area contributed by atoms with E-state index in [4.69, 9.17) is 11.5 Å². The van der Waals surface area contributed by atoms with Crippen molar-refractivity contribution in [2.75, 3.05) is 42.3 Å². The Morgan fingerprint density at radius 3 is 1.00 bits per heavy atom. The summed E-state index contributed by atoms with van der Waals surface area (Å²) in [7, 11) is 12.6. The van der Waals surface area contributed by atoms with Gasteiger partial charge in [-0.05, 0) is 0 Å². The number of nitrogens with zero attached hydrogens (tertiary/aromatic N) is 3. The van der Waals surface area contributed by atoms with Gasteiger partial charge in [0.25, 0.3) is 0 Å². The third-order valence-electron chi connectivity index (χ3n) is 3.91. The molecule has 17 heavy (non-hydrogen) atoms. The predicted octanol–water partition coefficient (Wildman–Crippen LogP) is -0.0177. The molecule has 4 N–H and O–H groups in total. The Morgan fingerprint density at radius 1 is 0.706 bits per heavy atom. The fourth-order valence-electron chi connectivity index (χ4n) is 3.03. The van der Waals surface area contributed by atoms with E-state index in [9.17, 15) is 0 Å². The van der Waals surface area contributed by atoms with E-state index in [1.807, 2.05) is 13.8 Å². The van der Waals surface area contributed by atoms with Crippen molar-refractivity contribution in [3.63, 3.8) is 0 Å². The Hall–Kier alpha value is 0.514. The molecule has 5 nitrogen and oxygen atoms in total. The molecule has 0 amide bonds. The van der Waals surface area contributed by atoms with Gasteiger partial charge in [-0.3, -0.25) is 0 Å². The average Bonchev–Trinajstić information content (AvgIpc) is 1.98. The summed E-state index contributed by atoms with van der Waals surface area (Å²) in [5, 5.41) is 0. The van der Waals surface area contributed by atoms with Crippen LogP contribution in [0.3, 0.4) is 0 Å². The summed E-state index contributed by atoms with van der Waals surface area (Å²) >= 11 is -2.86. The molecule has 0 saturated heterocycles. The van der Waals surface area contributed by atoms with Crippen LogP contribution in [-0.2, 0) is 17.4 Å². The van der Waals surface area contributed by atoms with Crippen LogP contribution in [0, 0.1) is 0 Å². The molecule has 6 heteroatoms. The summed E-state index contributed by atoms with van der Waals surface area (Å²) in [6, 6.07) is 0. The van der Waals surface area contributed by atoms with Crippen LogP contribution in [0.25, 0.3) is 0 Å². The van der Waals surface area contributed by atoms with Crippen molar-refractivity contribution in [3.05, 3.63) is 0 Å². The molecule has 0 aliphatic rings. The van der Waals surface area contributed by atoms with Crippen LogP contribution >= 0.6 is 0 Å². The van der Waals surface area contributed by atoms with Crippen molar-refractivity contribution in [2.45, 2.75) is 30.2 Å². The van der Waals surface area contributed by atoms with Gasteiger partial charge in [-0.1, -0.05) is 0 Å². The zero-order chi connectivity index (χ0) is 14.2. The molecule has 0 rings (SSSR count). The summed E-state index contributed by atoms with van der Waals surface area (Å²) < 4.78 is 6.46. The summed E-state index contributed by atoms with van der Waals surface area (Å²) in [6.07, 6.45) is 0. The van der Waals surface area contributed by atoms with Crippen molar-refractivity contribution in [2.24, 2.45) is 11.5 Å². The van der Waals surface area contributed by atoms with E-state index in [0.717, 1.165) is 0 Å². The Labute approximate surface area is 111 Å².